The van der Waals surface area contributed by atoms with E-state index in [0.29, 0.717) is 0 Å². The molecule has 1 aliphatic rings. The lowest BCUT2D eigenvalue weighted by atomic mass is 9.97. The van der Waals surface area contributed by atoms with Crippen LogP contribution in [0.4, 0.5) is 0 Å². The lowest BCUT2D eigenvalue weighted by Gasteiger charge is -2.07. The van der Waals surface area contributed by atoms with Crippen LogP contribution in [0.2, 0.25) is 0 Å². The molecule has 1 saturated carbocycles. The van der Waals surface area contributed by atoms with E-state index in [1.807, 2.05) is 25.1 Å². The summed E-state index contributed by atoms with van der Waals surface area (Å²) in [4.78, 5) is 15.0. The Bertz CT molecular complexity index is 464. The van der Waals surface area contributed by atoms with Gasteiger partial charge in [0.05, 0.1) is 0 Å². The average molecular weight is 199 g/mol. The molecule has 1 aliphatic carbocycles. The average Bonchev–Trinajstić information content (AvgIpc) is 2.99. The second-order valence-electron chi connectivity index (χ2n) is 4.23. The van der Waals surface area contributed by atoms with Gasteiger partial charge in [0.1, 0.15) is 0 Å². The van der Waals surface area contributed by atoms with Crippen LogP contribution in [-0.2, 0) is 5.54 Å². The molecule has 2 heteroatoms. The van der Waals surface area contributed by atoms with E-state index >= 15 is 0 Å². The van der Waals surface area contributed by atoms with Crippen molar-refractivity contribution in [3.05, 3.63) is 46.3 Å². The van der Waals surface area contributed by atoms with Crippen molar-refractivity contribution >= 4 is 5.78 Å². The van der Waals surface area contributed by atoms with Crippen molar-refractivity contribution in [3.8, 4) is 0 Å². The van der Waals surface area contributed by atoms with Gasteiger partial charge in [-0.05, 0) is 25.5 Å². The monoisotopic (exact) mass is 199 g/mol. The Balaban J connectivity index is 2.49. The van der Waals surface area contributed by atoms with Crippen LogP contribution in [-0.4, -0.2) is 5.78 Å². The smallest absolute Gasteiger partial charge is 0.258 e. The van der Waals surface area contributed by atoms with Crippen molar-refractivity contribution in [1.82, 2.24) is 0 Å². The van der Waals surface area contributed by atoms with E-state index in [1.54, 1.807) is 6.92 Å². The number of aryl methyl sites for hydroxylation is 1. The highest BCUT2D eigenvalue weighted by Crippen LogP contribution is 2.49. The van der Waals surface area contributed by atoms with E-state index in [1.165, 1.54) is 0 Å². The van der Waals surface area contributed by atoms with E-state index in [2.05, 4.69) is 4.85 Å². The Labute approximate surface area is 89.7 Å². The number of carbonyl (C=O) groups excluding carboxylic acids is 1. The zero-order valence-corrected chi connectivity index (χ0v) is 9.00. The summed E-state index contributed by atoms with van der Waals surface area (Å²) >= 11 is 0. The van der Waals surface area contributed by atoms with Crippen molar-refractivity contribution in [2.45, 2.75) is 32.2 Å². The molecule has 0 heterocycles. The first kappa shape index (κ1) is 9.92. The van der Waals surface area contributed by atoms with Gasteiger partial charge in [-0.1, -0.05) is 12.1 Å². The summed E-state index contributed by atoms with van der Waals surface area (Å²) in [6, 6.07) is 5.81. The fourth-order valence-corrected chi connectivity index (χ4v) is 1.87. The predicted molar refractivity (Wildman–Crippen MR) is 58.7 cm³/mol. The van der Waals surface area contributed by atoms with E-state index < -0.39 is 0 Å². The van der Waals surface area contributed by atoms with Crippen molar-refractivity contribution in [3.63, 3.8) is 0 Å². The summed E-state index contributed by atoms with van der Waals surface area (Å²) < 4.78 is 0. The highest BCUT2D eigenvalue weighted by molar-refractivity contribution is 5.95. The minimum Gasteiger partial charge on any atom is -0.305 e. The van der Waals surface area contributed by atoms with Gasteiger partial charge in [0, 0.05) is 24.0 Å². The van der Waals surface area contributed by atoms with Crippen LogP contribution < -0.4 is 0 Å². The zero-order valence-electron chi connectivity index (χ0n) is 9.00. The normalized spacial score (nSPS) is 16.9. The van der Waals surface area contributed by atoms with Crippen LogP contribution in [0.5, 0.6) is 0 Å². The molecule has 0 unspecified atom stereocenters. The van der Waals surface area contributed by atoms with Crippen LogP contribution in [0.15, 0.2) is 18.2 Å². The molecule has 1 fully saturated rings. The minimum absolute atomic E-state index is 0.0788. The Hall–Kier alpha value is -1.62. The van der Waals surface area contributed by atoms with Crippen LogP contribution in [0, 0.1) is 13.5 Å². The van der Waals surface area contributed by atoms with Crippen molar-refractivity contribution < 1.29 is 4.79 Å². The van der Waals surface area contributed by atoms with E-state index in [9.17, 15) is 4.79 Å². The van der Waals surface area contributed by atoms with Gasteiger partial charge >= 0.3 is 0 Å². The zero-order chi connectivity index (χ0) is 11.1. The van der Waals surface area contributed by atoms with Crippen LogP contribution in [0.3, 0.4) is 0 Å². The first-order chi connectivity index (χ1) is 7.09. The number of nitrogens with zero attached hydrogens (tertiary/aromatic N) is 1. The third-order valence-corrected chi connectivity index (χ3v) is 3.09. The molecule has 0 N–H and O–H groups in total. The van der Waals surface area contributed by atoms with Gasteiger partial charge in [-0.2, -0.15) is 0 Å². The van der Waals surface area contributed by atoms with Gasteiger partial charge < -0.3 is 4.85 Å². The number of hydrogen-bond donors (Lipinski definition) is 0. The largest absolute Gasteiger partial charge is 0.305 e. The minimum atomic E-state index is -0.308. The fourth-order valence-electron chi connectivity index (χ4n) is 1.87. The van der Waals surface area contributed by atoms with E-state index in [4.69, 9.17) is 6.57 Å². The molecule has 0 amide bonds. The van der Waals surface area contributed by atoms with Crippen LogP contribution in [0.1, 0.15) is 41.3 Å². The van der Waals surface area contributed by atoms with Crippen molar-refractivity contribution in [1.29, 1.82) is 0 Å². The topological polar surface area (TPSA) is 21.4 Å². The number of ketones is 1. The maximum atomic E-state index is 11.4. The predicted octanol–water partition coefficient (Wildman–Crippen LogP) is 3.11. The summed E-state index contributed by atoms with van der Waals surface area (Å²) in [5, 5.41) is 0. The molecule has 0 aromatic heterocycles. The van der Waals surface area contributed by atoms with E-state index in [-0.39, 0.29) is 11.3 Å². The number of Topliss-reactive ketones (excluding diaryl/α,β-unsaturated/α-hetero) is 1. The Morgan fingerprint density at radius 2 is 2.13 bits per heavy atom. The number of carbonyl (C=O) groups is 1. The molecule has 2 nitrogen and oxygen atoms in total. The SMILES string of the molecule is [C-]#[N+]C1(c2ccc(C)c(C(C)=O)c2)CC1. The van der Waals surface area contributed by atoms with Crippen molar-refractivity contribution in [2.75, 3.05) is 0 Å². The summed E-state index contributed by atoms with van der Waals surface area (Å²) in [6.07, 6.45) is 1.85. The molecule has 76 valence electrons. The van der Waals surface area contributed by atoms with Gasteiger partial charge in [-0.3, -0.25) is 4.79 Å². The quantitative estimate of drug-likeness (QED) is 0.529. The molecule has 0 radical (unpaired) electrons. The number of rotatable bonds is 2. The number of benzene rings is 1. The van der Waals surface area contributed by atoms with Gasteiger partial charge in [0.2, 0.25) is 0 Å². The van der Waals surface area contributed by atoms with E-state index in [0.717, 1.165) is 29.5 Å². The Kier molecular flexibility index (Phi) is 2.12. The molecule has 1 aromatic rings. The molecular weight excluding hydrogens is 186 g/mol. The Morgan fingerprint density at radius 3 is 2.60 bits per heavy atom. The standard InChI is InChI=1S/C13H13NO/c1-9-4-5-11(8-12(9)10(2)15)13(14-3)6-7-13/h4-5,8H,6-7H2,1-2H3. The van der Waals surface area contributed by atoms with Gasteiger partial charge in [0.25, 0.3) is 5.54 Å². The summed E-state index contributed by atoms with van der Waals surface area (Å²) in [7, 11) is 0. The highest BCUT2D eigenvalue weighted by Gasteiger charge is 2.52. The second-order valence-corrected chi connectivity index (χ2v) is 4.23. The van der Waals surface area contributed by atoms with Crippen LogP contribution in [0.25, 0.3) is 4.85 Å². The third-order valence-electron chi connectivity index (χ3n) is 3.09. The van der Waals surface area contributed by atoms with Crippen molar-refractivity contribution in [2.24, 2.45) is 0 Å². The lowest BCUT2D eigenvalue weighted by Crippen LogP contribution is -2.04. The summed E-state index contributed by atoms with van der Waals surface area (Å²) in [5.74, 6) is 0.0788. The molecule has 0 spiro atoms. The Morgan fingerprint density at radius 1 is 1.47 bits per heavy atom. The first-order valence-electron chi connectivity index (χ1n) is 5.10. The van der Waals surface area contributed by atoms with Gasteiger partial charge in [0.15, 0.2) is 5.78 Å². The first-order valence-corrected chi connectivity index (χ1v) is 5.10. The molecule has 2 rings (SSSR count). The molecule has 0 atom stereocenters. The second kappa shape index (κ2) is 3.20. The molecular formula is C13H13NO. The number of hydrogen-bond acceptors (Lipinski definition) is 1. The molecule has 0 aliphatic heterocycles. The third kappa shape index (κ3) is 1.55. The lowest BCUT2D eigenvalue weighted by molar-refractivity contribution is 0.101. The fraction of sp³-hybridized carbons (Fsp3) is 0.385. The molecule has 0 saturated heterocycles. The maximum absolute atomic E-state index is 11.4. The highest BCUT2D eigenvalue weighted by atomic mass is 16.1. The molecule has 15 heavy (non-hydrogen) atoms. The molecule has 0 bridgehead atoms. The summed E-state index contributed by atoms with van der Waals surface area (Å²) in [6.45, 7) is 10.7. The van der Waals surface area contributed by atoms with Gasteiger partial charge in [-0.25, -0.2) is 6.57 Å². The van der Waals surface area contributed by atoms with Crippen LogP contribution >= 0.6 is 0 Å². The summed E-state index contributed by atoms with van der Waals surface area (Å²) in [5.41, 5.74) is 2.44. The van der Waals surface area contributed by atoms with Gasteiger partial charge in [-0.15, -0.1) is 0 Å². The molecule has 1 aromatic carbocycles. The maximum Gasteiger partial charge on any atom is 0.258 e.